The Labute approximate surface area is 104 Å². The largest absolute Gasteiger partial charge is 0.380 e. The standard InChI is InChI=1S/C12H13N3O3/c1-9-6-14(8-13-9)11-3-10(7-18-2)4-12(5-11)15(16)17/h3-6,8H,7H2,1-2H3. The minimum absolute atomic E-state index is 0.0471. The van der Waals surface area contributed by atoms with E-state index in [1.165, 1.54) is 12.1 Å². The molecule has 0 aliphatic carbocycles. The highest BCUT2D eigenvalue weighted by Crippen LogP contribution is 2.21. The lowest BCUT2D eigenvalue weighted by Gasteiger charge is -2.06. The normalized spacial score (nSPS) is 10.6. The Morgan fingerprint density at radius 1 is 1.44 bits per heavy atom. The molecule has 94 valence electrons. The van der Waals surface area contributed by atoms with Gasteiger partial charge < -0.3 is 9.30 Å². The Bertz CT molecular complexity index is 578. The van der Waals surface area contributed by atoms with Crippen LogP contribution in [0.4, 0.5) is 5.69 Å². The van der Waals surface area contributed by atoms with Crippen LogP contribution < -0.4 is 0 Å². The molecule has 0 atom stereocenters. The third-order valence-corrected chi connectivity index (χ3v) is 2.49. The molecule has 0 N–H and O–H groups in total. The number of ether oxygens (including phenoxy) is 1. The van der Waals surface area contributed by atoms with Crippen molar-refractivity contribution in [1.29, 1.82) is 0 Å². The Kier molecular flexibility index (Phi) is 3.38. The van der Waals surface area contributed by atoms with E-state index in [2.05, 4.69) is 4.98 Å². The summed E-state index contributed by atoms with van der Waals surface area (Å²) >= 11 is 0. The first kappa shape index (κ1) is 12.3. The SMILES string of the molecule is COCc1cc(-n2cnc(C)c2)cc([N+](=O)[O-])c1. The number of aryl methyl sites for hydroxylation is 1. The zero-order chi connectivity index (χ0) is 13.1. The maximum atomic E-state index is 10.9. The van der Waals surface area contributed by atoms with Gasteiger partial charge in [0.25, 0.3) is 5.69 Å². The van der Waals surface area contributed by atoms with Gasteiger partial charge in [0, 0.05) is 25.4 Å². The van der Waals surface area contributed by atoms with E-state index in [0.717, 1.165) is 11.3 Å². The molecule has 0 saturated heterocycles. The van der Waals surface area contributed by atoms with Crippen LogP contribution in [0.15, 0.2) is 30.7 Å². The van der Waals surface area contributed by atoms with Crippen LogP contribution in [0.2, 0.25) is 0 Å². The van der Waals surface area contributed by atoms with Gasteiger partial charge in [-0.15, -0.1) is 0 Å². The molecule has 0 amide bonds. The van der Waals surface area contributed by atoms with Gasteiger partial charge in [-0.05, 0) is 18.6 Å². The van der Waals surface area contributed by atoms with Gasteiger partial charge in [-0.25, -0.2) is 4.98 Å². The molecule has 1 aromatic carbocycles. The average molecular weight is 247 g/mol. The van der Waals surface area contributed by atoms with Gasteiger partial charge in [-0.2, -0.15) is 0 Å². The summed E-state index contributed by atoms with van der Waals surface area (Å²) in [6, 6.07) is 4.87. The number of hydrogen-bond donors (Lipinski definition) is 0. The highest BCUT2D eigenvalue weighted by Gasteiger charge is 2.11. The molecule has 6 nitrogen and oxygen atoms in total. The summed E-state index contributed by atoms with van der Waals surface area (Å²) in [7, 11) is 1.56. The van der Waals surface area contributed by atoms with Crippen LogP contribution in [-0.4, -0.2) is 21.6 Å². The Morgan fingerprint density at radius 3 is 2.78 bits per heavy atom. The number of imidazole rings is 1. The lowest BCUT2D eigenvalue weighted by molar-refractivity contribution is -0.384. The van der Waals surface area contributed by atoms with Crippen molar-refractivity contribution in [2.75, 3.05) is 7.11 Å². The van der Waals surface area contributed by atoms with Crippen molar-refractivity contribution in [2.24, 2.45) is 0 Å². The summed E-state index contributed by atoms with van der Waals surface area (Å²) in [5.41, 5.74) is 2.37. The summed E-state index contributed by atoms with van der Waals surface area (Å²) in [6.07, 6.45) is 3.45. The molecular formula is C12H13N3O3. The van der Waals surface area contributed by atoms with E-state index in [1.807, 2.05) is 19.2 Å². The predicted octanol–water partition coefficient (Wildman–Crippen LogP) is 2.24. The molecule has 1 aromatic heterocycles. The second-order valence-corrected chi connectivity index (χ2v) is 3.97. The number of aromatic nitrogens is 2. The third-order valence-electron chi connectivity index (χ3n) is 2.49. The van der Waals surface area contributed by atoms with E-state index in [9.17, 15) is 10.1 Å². The Morgan fingerprint density at radius 2 is 2.22 bits per heavy atom. The molecule has 18 heavy (non-hydrogen) atoms. The van der Waals surface area contributed by atoms with Gasteiger partial charge in [0.1, 0.15) is 0 Å². The molecule has 2 aromatic rings. The van der Waals surface area contributed by atoms with Crippen LogP contribution in [-0.2, 0) is 11.3 Å². The molecule has 0 unspecified atom stereocenters. The maximum Gasteiger partial charge on any atom is 0.271 e. The molecule has 6 heteroatoms. The quantitative estimate of drug-likeness (QED) is 0.613. The topological polar surface area (TPSA) is 70.2 Å². The molecule has 0 aliphatic rings. The summed E-state index contributed by atoms with van der Waals surface area (Å²) in [4.78, 5) is 14.6. The number of nitro groups is 1. The third kappa shape index (κ3) is 2.54. The van der Waals surface area contributed by atoms with E-state index in [4.69, 9.17) is 4.74 Å². The van der Waals surface area contributed by atoms with Gasteiger partial charge in [-0.1, -0.05) is 0 Å². The van der Waals surface area contributed by atoms with Crippen LogP contribution in [0, 0.1) is 17.0 Å². The monoisotopic (exact) mass is 247 g/mol. The fraction of sp³-hybridized carbons (Fsp3) is 0.250. The van der Waals surface area contributed by atoms with Crippen LogP contribution in [0.1, 0.15) is 11.3 Å². The number of rotatable bonds is 4. The summed E-state index contributed by atoms with van der Waals surface area (Å²) in [6.45, 7) is 2.20. The zero-order valence-corrected chi connectivity index (χ0v) is 10.2. The minimum atomic E-state index is -0.410. The number of benzene rings is 1. The Hall–Kier alpha value is -2.21. The van der Waals surface area contributed by atoms with Crippen LogP contribution in [0.3, 0.4) is 0 Å². The first-order chi connectivity index (χ1) is 8.60. The smallest absolute Gasteiger partial charge is 0.271 e. The molecule has 2 rings (SSSR count). The molecule has 0 fully saturated rings. The fourth-order valence-corrected chi connectivity index (χ4v) is 1.72. The second-order valence-electron chi connectivity index (χ2n) is 3.97. The Balaban J connectivity index is 2.49. The van der Waals surface area contributed by atoms with Gasteiger partial charge in [0.2, 0.25) is 0 Å². The molecule has 0 aliphatic heterocycles. The van der Waals surface area contributed by atoms with Crippen molar-refractivity contribution in [3.05, 3.63) is 52.1 Å². The first-order valence-electron chi connectivity index (χ1n) is 5.38. The first-order valence-corrected chi connectivity index (χ1v) is 5.38. The number of nitrogens with zero attached hydrogens (tertiary/aromatic N) is 3. The van der Waals surface area contributed by atoms with Gasteiger partial charge in [0.05, 0.1) is 29.2 Å². The maximum absolute atomic E-state index is 10.9. The molecule has 0 saturated carbocycles. The minimum Gasteiger partial charge on any atom is -0.380 e. The predicted molar refractivity (Wildman–Crippen MR) is 65.7 cm³/mol. The number of non-ortho nitro benzene ring substituents is 1. The van der Waals surface area contributed by atoms with Crippen molar-refractivity contribution in [1.82, 2.24) is 9.55 Å². The summed E-state index contributed by atoms with van der Waals surface area (Å²) in [5.74, 6) is 0. The van der Waals surface area contributed by atoms with Crippen molar-refractivity contribution in [2.45, 2.75) is 13.5 Å². The van der Waals surface area contributed by atoms with E-state index >= 15 is 0 Å². The molecule has 0 radical (unpaired) electrons. The lowest BCUT2D eigenvalue weighted by atomic mass is 10.2. The lowest BCUT2D eigenvalue weighted by Crippen LogP contribution is -1.97. The van der Waals surface area contributed by atoms with Crippen molar-refractivity contribution in [3.63, 3.8) is 0 Å². The number of methoxy groups -OCH3 is 1. The van der Waals surface area contributed by atoms with Crippen LogP contribution >= 0.6 is 0 Å². The average Bonchev–Trinajstić information content (AvgIpc) is 2.76. The number of hydrogen-bond acceptors (Lipinski definition) is 4. The van der Waals surface area contributed by atoms with Crippen LogP contribution in [0.25, 0.3) is 5.69 Å². The fourth-order valence-electron chi connectivity index (χ4n) is 1.72. The number of nitro benzene ring substituents is 1. The van der Waals surface area contributed by atoms with Crippen molar-refractivity contribution >= 4 is 5.69 Å². The van der Waals surface area contributed by atoms with E-state index in [-0.39, 0.29) is 5.69 Å². The van der Waals surface area contributed by atoms with E-state index < -0.39 is 4.92 Å². The van der Waals surface area contributed by atoms with Crippen LogP contribution in [0.5, 0.6) is 0 Å². The van der Waals surface area contributed by atoms with Crippen molar-refractivity contribution in [3.8, 4) is 5.69 Å². The summed E-state index contributed by atoms with van der Waals surface area (Å²) < 4.78 is 6.76. The second kappa shape index (κ2) is 4.97. The molecule has 1 heterocycles. The zero-order valence-electron chi connectivity index (χ0n) is 10.2. The highest BCUT2D eigenvalue weighted by molar-refractivity contribution is 5.47. The molecular weight excluding hydrogens is 234 g/mol. The summed E-state index contributed by atoms with van der Waals surface area (Å²) in [5, 5.41) is 10.9. The molecule has 0 bridgehead atoms. The van der Waals surface area contributed by atoms with Crippen molar-refractivity contribution < 1.29 is 9.66 Å². The molecule has 0 spiro atoms. The van der Waals surface area contributed by atoms with E-state index in [0.29, 0.717) is 12.3 Å². The van der Waals surface area contributed by atoms with Gasteiger partial charge in [0.15, 0.2) is 0 Å². The van der Waals surface area contributed by atoms with E-state index in [1.54, 1.807) is 18.0 Å². The van der Waals surface area contributed by atoms with Gasteiger partial charge in [-0.3, -0.25) is 10.1 Å². The van der Waals surface area contributed by atoms with Gasteiger partial charge >= 0.3 is 0 Å². The highest BCUT2D eigenvalue weighted by atomic mass is 16.6.